The molecule has 0 radical (unpaired) electrons. The average molecular weight is 222 g/mol. The van der Waals surface area contributed by atoms with E-state index in [9.17, 15) is 4.79 Å². The number of nitrogens with zero attached hydrogens (tertiary/aromatic N) is 1. The Morgan fingerprint density at radius 3 is 2.88 bits per heavy atom. The minimum atomic E-state index is -0.946. The first-order chi connectivity index (χ1) is 7.54. The number of anilines is 1. The van der Waals surface area contributed by atoms with Crippen LogP contribution in [0.2, 0.25) is 0 Å². The Morgan fingerprint density at radius 1 is 1.62 bits per heavy atom. The first-order valence-corrected chi connectivity index (χ1v) is 5.51. The standard InChI is InChI=1S/C12H18N2O2/c1-4-5-8(2)14-11-6-9(3)13-7-10(11)12(15)16/h6-8H,4-5H2,1-3H3,(H,13,14)(H,15,16). The molecular formula is C12H18N2O2. The lowest BCUT2D eigenvalue weighted by Crippen LogP contribution is -2.17. The number of aromatic carboxylic acids is 1. The molecule has 4 heteroatoms. The summed E-state index contributed by atoms with van der Waals surface area (Å²) < 4.78 is 0. The van der Waals surface area contributed by atoms with Crippen molar-refractivity contribution in [1.29, 1.82) is 0 Å². The lowest BCUT2D eigenvalue weighted by atomic mass is 10.1. The highest BCUT2D eigenvalue weighted by molar-refractivity contribution is 5.93. The van der Waals surface area contributed by atoms with Gasteiger partial charge in [-0.3, -0.25) is 4.98 Å². The Bertz CT molecular complexity index is 377. The lowest BCUT2D eigenvalue weighted by molar-refractivity contribution is 0.0697. The number of pyridine rings is 1. The van der Waals surface area contributed by atoms with Crippen molar-refractivity contribution in [2.45, 2.75) is 39.7 Å². The molecule has 4 nitrogen and oxygen atoms in total. The molecule has 0 aromatic carbocycles. The highest BCUT2D eigenvalue weighted by Crippen LogP contribution is 2.17. The molecule has 1 aromatic rings. The zero-order chi connectivity index (χ0) is 12.1. The highest BCUT2D eigenvalue weighted by atomic mass is 16.4. The van der Waals surface area contributed by atoms with E-state index >= 15 is 0 Å². The fourth-order valence-corrected chi connectivity index (χ4v) is 1.62. The van der Waals surface area contributed by atoms with Gasteiger partial charge in [0.2, 0.25) is 0 Å². The van der Waals surface area contributed by atoms with Crippen LogP contribution >= 0.6 is 0 Å². The van der Waals surface area contributed by atoms with Gasteiger partial charge >= 0.3 is 5.97 Å². The van der Waals surface area contributed by atoms with E-state index in [0.29, 0.717) is 5.69 Å². The fourth-order valence-electron chi connectivity index (χ4n) is 1.62. The van der Waals surface area contributed by atoms with Crippen LogP contribution in [0.3, 0.4) is 0 Å². The quantitative estimate of drug-likeness (QED) is 0.804. The molecule has 2 N–H and O–H groups in total. The Morgan fingerprint density at radius 2 is 2.31 bits per heavy atom. The number of carboxylic acid groups (broad SMARTS) is 1. The Kier molecular flexibility index (Phi) is 4.28. The molecule has 0 amide bonds. The predicted octanol–water partition coefficient (Wildman–Crippen LogP) is 2.69. The summed E-state index contributed by atoms with van der Waals surface area (Å²) in [6, 6.07) is 2.04. The van der Waals surface area contributed by atoms with E-state index in [2.05, 4.69) is 17.2 Å². The molecule has 0 fully saturated rings. The number of nitrogens with one attached hydrogen (secondary N) is 1. The number of rotatable bonds is 5. The number of hydrogen-bond donors (Lipinski definition) is 2. The third kappa shape index (κ3) is 3.22. The van der Waals surface area contributed by atoms with E-state index in [1.807, 2.05) is 13.8 Å². The van der Waals surface area contributed by atoms with Gasteiger partial charge in [-0.05, 0) is 26.3 Å². The Hall–Kier alpha value is -1.58. The number of aromatic nitrogens is 1. The molecule has 16 heavy (non-hydrogen) atoms. The fraction of sp³-hybridized carbons (Fsp3) is 0.500. The van der Waals surface area contributed by atoms with Crippen LogP contribution in [-0.2, 0) is 0 Å². The summed E-state index contributed by atoms with van der Waals surface area (Å²) in [4.78, 5) is 15.0. The van der Waals surface area contributed by atoms with E-state index < -0.39 is 5.97 Å². The Balaban J connectivity index is 2.92. The third-order valence-corrected chi connectivity index (χ3v) is 2.39. The number of carboxylic acids is 1. The molecule has 0 aliphatic carbocycles. The molecule has 1 rings (SSSR count). The predicted molar refractivity (Wildman–Crippen MR) is 63.9 cm³/mol. The highest BCUT2D eigenvalue weighted by Gasteiger charge is 2.12. The molecule has 1 heterocycles. The topological polar surface area (TPSA) is 62.2 Å². The van der Waals surface area contributed by atoms with Crippen molar-refractivity contribution >= 4 is 11.7 Å². The van der Waals surface area contributed by atoms with Gasteiger partial charge < -0.3 is 10.4 Å². The molecule has 0 saturated carbocycles. The van der Waals surface area contributed by atoms with Crippen molar-refractivity contribution in [3.05, 3.63) is 23.5 Å². The van der Waals surface area contributed by atoms with Gasteiger partial charge in [-0.15, -0.1) is 0 Å². The summed E-state index contributed by atoms with van der Waals surface area (Å²) in [7, 11) is 0. The molecule has 0 aliphatic rings. The zero-order valence-corrected chi connectivity index (χ0v) is 9.95. The lowest BCUT2D eigenvalue weighted by Gasteiger charge is -2.16. The summed E-state index contributed by atoms with van der Waals surface area (Å²) in [6.45, 7) is 6.00. The van der Waals surface area contributed by atoms with Gasteiger partial charge in [-0.25, -0.2) is 4.79 Å². The molecule has 88 valence electrons. The first-order valence-electron chi connectivity index (χ1n) is 5.51. The van der Waals surface area contributed by atoms with Crippen LogP contribution in [0.15, 0.2) is 12.3 Å². The molecule has 0 spiro atoms. The molecule has 0 saturated heterocycles. The summed E-state index contributed by atoms with van der Waals surface area (Å²) >= 11 is 0. The van der Waals surface area contributed by atoms with Gasteiger partial charge in [0.25, 0.3) is 0 Å². The normalized spacial score (nSPS) is 12.2. The monoisotopic (exact) mass is 222 g/mol. The molecular weight excluding hydrogens is 204 g/mol. The van der Waals surface area contributed by atoms with Crippen molar-refractivity contribution in [3.63, 3.8) is 0 Å². The van der Waals surface area contributed by atoms with Crippen molar-refractivity contribution in [3.8, 4) is 0 Å². The smallest absolute Gasteiger partial charge is 0.339 e. The van der Waals surface area contributed by atoms with Gasteiger partial charge in [0, 0.05) is 17.9 Å². The van der Waals surface area contributed by atoms with E-state index in [-0.39, 0.29) is 11.6 Å². The Labute approximate surface area is 95.7 Å². The molecule has 1 atom stereocenters. The van der Waals surface area contributed by atoms with Crippen molar-refractivity contribution in [2.75, 3.05) is 5.32 Å². The molecule has 0 aliphatic heterocycles. The van der Waals surface area contributed by atoms with E-state index in [1.165, 1.54) is 6.20 Å². The minimum Gasteiger partial charge on any atom is -0.478 e. The van der Waals surface area contributed by atoms with Crippen LogP contribution in [0, 0.1) is 6.92 Å². The minimum absolute atomic E-state index is 0.230. The van der Waals surface area contributed by atoms with Gasteiger partial charge in [-0.2, -0.15) is 0 Å². The number of carbonyl (C=O) groups is 1. The second kappa shape index (κ2) is 5.49. The average Bonchev–Trinajstić information content (AvgIpc) is 2.17. The van der Waals surface area contributed by atoms with Gasteiger partial charge in [-0.1, -0.05) is 13.3 Å². The summed E-state index contributed by atoms with van der Waals surface area (Å²) in [5.41, 5.74) is 1.70. The second-order valence-corrected chi connectivity index (χ2v) is 4.01. The van der Waals surface area contributed by atoms with Gasteiger partial charge in [0.15, 0.2) is 0 Å². The van der Waals surface area contributed by atoms with Gasteiger partial charge in [0.1, 0.15) is 5.56 Å². The maximum Gasteiger partial charge on any atom is 0.339 e. The number of aryl methyl sites for hydroxylation is 1. The maximum atomic E-state index is 11.0. The SMILES string of the molecule is CCCC(C)Nc1cc(C)ncc1C(=O)O. The van der Waals surface area contributed by atoms with Crippen LogP contribution in [0.4, 0.5) is 5.69 Å². The van der Waals surface area contributed by atoms with Crippen molar-refractivity contribution in [2.24, 2.45) is 0 Å². The molecule has 0 bridgehead atoms. The van der Waals surface area contributed by atoms with E-state index in [0.717, 1.165) is 18.5 Å². The molecule has 1 unspecified atom stereocenters. The van der Waals surface area contributed by atoms with Crippen LogP contribution in [0.25, 0.3) is 0 Å². The third-order valence-electron chi connectivity index (χ3n) is 2.39. The van der Waals surface area contributed by atoms with Crippen LogP contribution < -0.4 is 5.32 Å². The largest absolute Gasteiger partial charge is 0.478 e. The van der Waals surface area contributed by atoms with Gasteiger partial charge in [0.05, 0.1) is 5.69 Å². The first kappa shape index (κ1) is 12.5. The van der Waals surface area contributed by atoms with Crippen LogP contribution in [-0.4, -0.2) is 22.1 Å². The number of hydrogen-bond acceptors (Lipinski definition) is 3. The van der Waals surface area contributed by atoms with E-state index in [1.54, 1.807) is 6.07 Å². The van der Waals surface area contributed by atoms with Crippen LogP contribution in [0.5, 0.6) is 0 Å². The second-order valence-electron chi connectivity index (χ2n) is 4.01. The molecule has 1 aromatic heterocycles. The van der Waals surface area contributed by atoms with Crippen LogP contribution in [0.1, 0.15) is 42.7 Å². The summed E-state index contributed by atoms with van der Waals surface area (Å²) in [5, 5.41) is 12.2. The van der Waals surface area contributed by atoms with Crippen molar-refractivity contribution in [1.82, 2.24) is 4.98 Å². The zero-order valence-electron chi connectivity index (χ0n) is 9.95. The van der Waals surface area contributed by atoms with Crippen molar-refractivity contribution < 1.29 is 9.90 Å². The summed E-state index contributed by atoms with van der Waals surface area (Å²) in [5.74, 6) is -0.946. The van der Waals surface area contributed by atoms with E-state index in [4.69, 9.17) is 5.11 Å². The summed E-state index contributed by atoms with van der Waals surface area (Å²) in [6.07, 6.45) is 3.49. The maximum absolute atomic E-state index is 11.0.